The van der Waals surface area contributed by atoms with Crippen LogP contribution in [0, 0.1) is 0 Å². The first kappa shape index (κ1) is 15.6. The Morgan fingerprint density at radius 1 is 1.35 bits per heavy atom. The number of likely N-dealkylation sites (tertiary alicyclic amines) is 1. The molecule has 2 aliphatic rings. The van der Waals surface area contributed by atoms with E-state index in [4.69, 9.17) is 14.5 Å². The molecule has 3 N–H and O–H groups in total. The number of fused-ring (bicyclic) bond motifs is 1. The van der Waals surface area contributed by atoms with Gasteiger partial charge in [-0.25, -0.2) is 4.79 Å². The maximum atomic E-state index is 11.6. The van der Waals surface area contributed by atoms with Crippen LogP contribution in [0.25, 0.3) is 0 Å². The van der Waals surface area contributed by atoms with Crippen LogP contribution in [0.3, 0.4) is 0 Å². The molecule has 0 aromatic heterocycles. The number of benzene rings is 1. The number of hydrogen-bond donors (Lipinski definition) is 3. The average molecular weight is 321 g/mol. The van der Waals surface area contributed by atoms with E-state index in [2.05, 4.69) is 0 Å². The fraction of sp³-hybridized carbons (Fsp3) is 0.429. The van der Waals surface area contributed by atoms with E-state index >= 15 is 0 Å². The Morgan fingerprint density at radius 2 is 2.09 bits per heavy atom. The van der Waals surface area contributed by atoms with Crippen LogP contribution in [0.4, 0.5) is 0 Å². The van der Waals surface area contributed by atoms with Crippen LogP contribution < -0.4 is 9.39 Å². The minimum Gasteiger partial charge on any atom is -0.535 e. The number of carboxylic acids is 2. The standard InChI is InChI=1S/C14H16BNO7/c17-11(18)7-16-5-9(6-16)22-10-2-1-8-3-4-15(21)23-13(8)12(10)14(19)20/h1-2,9,21H,3-7H2,(H,17,18)(H,19,20). The van der Waals surface area contributed by atoms with E-state index in [1.807, 2.05) is 0 Å². The van der Waals surface area contributed by atoms with Gasteiger partial charge in [-0.2, -0.15) is 0 Å². The van der Waals surface area contributed by atoms with Crippen molar-refractivity contribution in [3.63, 3.8) is 0 Å². The summed E-state index contributed by atoms with van der Waals surface area (Å²) in [6.07, 6.45) is 0.686. The van der Waals surface area contributed by atoms with Crippen molar-refractivity contribution < 1.29 is 34.2 Å². The normalized spacial score (nSPS) is 17.9. The first-order valence-electron chi connectivity index (χ1n) is 7.28. The quantitative estimate of drug-likeness (QED) is 0.646. The van der Waals surface area contributed by atoms with Crippen molar-refractivity contribution in [2.75, 3.05) is 19.6 Å². The summed E-state index contributed by atoms with van der Waals surface area (Å²) in [5, 5.41) is 27.7. The minimum atomic E-state index is -1.19. The van der Waals surface area contributed by atoms with Crippen LogP contribution in [0.1, 0.15) is 15.9 Å². The Balaban J connectivity index is 1.77. The van der Waals surface area contributed by atoms with E-state index in [1.165, 1.54) is 0 Å². The van der Waals surface area contributed by atoms with Gasteiger partial charge in [0.1, 0.15) is 23.2 Å². The zero-order valence-electron chi connectivity index (χ0n) is 12.3. The SMILES string of the molecule is O=C(O)CN1CC(Oc2ccc3c(c2C(=O)O)OB(O)CC3)C1. The van der Waals surface area contributed by atoms with Crippen LogP contribution in [0.15, 0.2) is 12.1 Å². The summed E-state index contributed by atoms with van der Waals surface area (Å²) in [4.78, 5) is 23.9. The Kier molecular flexibility index (Phi) is 4.14. The van der Waals surface area contributed by atoms with Crippen molar-refractivity contribution in [3.8, 4) is 11.5 Å². The van der Waals surface area contributed by atoms with Crippen LogP contribution in [0.2, 0.25) is 6.32 Å². The van der Waals surface area contributed by atoms with Crippen molar-refractivity contribution in [3.05, 3.63) is 23.3 Å². The zero-order chi connectivity index (χ0) is 16.6. The molecule has 0 radical (unpaired) electrons. The third kappa shape index (κ3) is 3.25. The number of hydrogen-bond acceptors (Lipinski definition) is 6. The molecule has 0 bridgehead atoms. The number of rotatable bonds is 5. The maximum Gasteiger partial charge on any atom is 0.522 e. The lowest BCUT2D eigenvalue weighted by Crippen LogP contribution is -2.55. The highest BCUT2D eigenvalue weighted by molar-refractivity contribution is 6.44. The average Bonchev–Trinajstić information content (AvgIpc) is 2.43. The highest BCUT2D eigenvalue weighted by atomic mass is 16.5. The third-order valence-corrected chi connectivity index (χ3v) is 3.91. The van der Waals surface area contributed by atoms with Gasteiger partial charge in [-0.15, -0.1) is 0 Å². The number of aryl methyl sites for hydroxylation is 1. The molecule has 0 saturated carbocycles. The summed E-state index contributed by atoms with van der Waals surface area (Å²) in [5.41, 5.74) is 0.624. The molecule has 3 rings (SSSR count). The third-order valence-electron chi connectivity index (χ3n) is 3.91. The Bertz CT molecular complexity index is 644. The molecule has 2 aliphatic heterocycles. The van der Waals surface area contributed by atoms with Gasteiger partial charge in [-0.1, -0.05) is 6.07 Å². The lowest BCUT2D eigenvalue weighted by atomic mass is 9.78. The Morgan fingerprint density at radius 3 is 2.74 bits per heavy atom. The number of carbonyl (C=O) groups is 2. The number of ether oxygens (including phenoxy) is 1. The van der Waals surface area contributed by atoms with Gasteiger partial charge in [-0.3, -0.25) is 9.69 Å². The van der Waals surface area contributed by atoms with E-state index in [-0.39, 0.29) is 29.7 Å². The molecule has 0 atom stereocenters. The van der Waals surface area contributed by atoms with Crippen molar-refractivity contribution in [2.24, 2.45) is 0 Å². The molecular formula is C14H16BNO7. The van der Waals surface area contributed by atoms with Crippen molar-refractivity contribution >= 4 is 19.1 Å². The first-order valence-corrected chi connectivity index (χ1v) is 7.28. The topological polar surface area (TPSA) is 117 Å². The Labute approximate surface area is 132 Å². The first-order chi connectivity index (χ1) is 10.9. The molecule has 122 valence electrons. The van der Waals surface area contributed by atoms with Crippen molar-refractivity contribution in [1.82, 2.24) is 4.90 Å². The highest BCUT2D eigenvalue weighted by Crippen LogP contribution is 2.37. The molecule has 0 amide bonds. The fourth-order valence-corrected chi connectivity index (χ4v) is 2.81. The van der Waals surface area contributed by atoms with E-state index < -0.39 is 19.1 Å². The van der Waals surface area contributed by atoms with E-state index in [1.54, 1.807) is 17.0 Å². The lowest BCUT2D eigenvalue weighted by Gasteiger charge is -2.38. The molecule has 1 fully saturated rings. The molecule has 1 aromatic rings. The summed E-state index contributed by atoms with van der Waals surface area (Å²) < 4.78 is 11.0. The van der Waals surface area contributed by atoms with E-state index in [0.717, 1.165) is 5.56 Å². The summed E-state index contributed by atoms with van der Waals surface area (Å²) >= 11 is 0. The number of aromatic carboxylic acids is 1. The summed E-state index contributed by atoms with van der Waals surface area (Å²) in [6.45, 7) is 0.781. The van der Waals surface area contributed by atoms with Gasteiger partial charge in [-0.05, 0) is 24.4 Å². The van der Waals surface area contributed by atoms with Gasteiger partial charge >= 0.3 is 19.1 Å². The Hall–Kier alpha value is -2.26. The summed E-state index contributed by atoms with van der Waals surface area (Å²) in [7, 11) is -1.02. The maximum absolute atomic E-state index is 11.6. The highest BCUT2D eigenvalue weighted by Gasteiger charge is 2.34. The number of nitrogens with zero attached hydrogens (tertiary/aromatic N) is 1. The van der Waals surface area contributed by atoms with Crippen molar-refractivity contribution in [1.29, 1.82) is 0 Å². The molecular weight excluding hydrogens is 305 g/mol. The van der Waals surface area contributed by atoms with E-state index in [9.17, 15) is 19.7 Å². The minimum absolute atomic E-state index is 0.0643. The fourth-order valence-electron chi connectivity index (χ4n) is 2.81. The van der Waals surface area contributed by atoms with Gasteiger partial charge in [0.15, 0.2) is 0 Å². The predicted molar refractivity (Wildman–Crippen MR) is 79.0 cm³/mol. The van der Waals surface area contributed by atoms with Gasteiger partial charge in [0.25, 0.3) is 0 Å². The molecule has 9 heteroatoms. The number of aliphatic carboxylic acids is 1. The zero-order valence-corrected chi connectivity index (χ0v) is 12.3. The lowest BCUT2D eigenvalue weighted by molar-refractivity contribution is -0.140. The van der Waals surface area contributed by atoms with Crippen LogP contribution in [-0.4, -0.2) is 64.9 Å². The second kappa shape index (κ2) is 6.09. The second-order valence-electron chi connectivity index (χ2n) is 5.67. The van der Waals surface area contributed by atoms with Gasteiger partial charge in [0, 0.05) is 13.1 Å². The van der Waals surface area contributed by atoms with Crippen LogP contribution in [-0.2, 0) is 11.2 Å². The van der Waals surface area contributed by atoms with Crippen LogP contribution >= 0.6 is 0 Å². The molecule has 0 aliphatic carbocycles. The second-order valence-corrected chi connectivity index (χ2v) is 5.67. The molecule has 0 spiro atoms. The van der Waals surface area contributed by atoms with Crippen molar-refractivity contribution in [2.45, 2.75) is 18.8 Å². The monoisotopic (exact) mass is 321 g/mol. The largest absolute Gasteiger partial charge is 0.535 e. The van der Waals surface area contributed by atoms with Gasteiger partial charge < -0.3 is 24.6 Å². The smallest absolute Gasteiger partial charge is 0.522 e. The summed E-state index contributed by atoms with van der Waals surface area (Å²) in [5.74, 6) is -1.78. The molecule has 0 unspecified atom stereocenters. The van der Waals surface area contributed by atoms with E-state index in [0.29, 0.717) is 25.8 Å². The van der Waals surface area contributed by atoms with Gasteiger partial charge in [0.2, 0.25) is 0 Å². The molecule has 1 aromatic carbocycles. The molecule has 1 saturated heterocycles. The molecule has 2 heterocycles. The van der Waals surface area contributed by atoms with Gasteiger partial charge in [0.05, 0.1) is 6.54 Å². The molecule has 8 nitrogen and oxygen atoms in total. The predicted octanol–water partition coefficient (Wildman–Crippen LogP) is -0.0522. The molecule has 23 heavy (non-hydrogen) atoms. The summed E-state index contributed by atoms with van der Waals surface area (Å²) in [6, 6.07) is 3.32. The number of carboxylic acid groups (broad SMARTS) is 2. The van der Waals surface area contributed by atoms with Crippen LogP contribution in [0.5, 0.6) is 11.5 Å².